The molecule has 0 aliphatic carbocycles. The van der Waals surface area contributed by atoms with Gasteiger partial charge in [0.25, 0.3) is 0 Å². The number of rotatable bonds is 3. The Morgan fingerprint density at radius 3 is 2.92 bits per heavy atom. The van der Waals surface area contributed by atoms with E-state index in [0.717, 1.165) is 11.3 Å². The molecule has 1 aromatic heterocycles. The molecule has 0 saturated carbocycles. The van der Waals surface area contributed by atoms with Gasteiger partial charge in [0, 0.05) is 6.20 Å². The maximum Gasteiger partial charge on any atom is 0.306 e. The van der Waals surface area contributed by atoms with Crippen LogP contribution in [0.25, 0.3) is 0 Å². The molecule has 1 heterocycles. The van der Waals surface area contributed by atoms with Crippen molar-refractivity contribution in [1.82, 2.24) is 4.98 Å². The third-order valence-electron chi connectivity index (χ3n) is 1.19. The fourth-order valence-corrected chi connectivity index (χ4v) is 1.63. The summed E-state index contributed by atoms with van der Waals surface area (Å²) in [6, 6.07) is 0. The van der Waals surface area contributed by atoms with E-state index in [4.69, 9.17) is 16.7 Å². The Bertz CT molecular complexity index is 288. The first-order valence-electron chi connectivity index (χ1n) is 3.10. The van der Waals surface area contributed by atoms with E-state index in [1.807, 2.05) is 0 Å². The molecule has 1 atom stereocenters. The van der Waals surface area contributed by atoms with Gasteiger partial charge in [-0.15, -0.1) is 11.3 Å². The molecule has 0 spiro atoms. The largest absolute Gasteiger partial charge is 0.481 e. The highest BCUT2D eigenvalue weighted by atomic mass is 35.5. The van der Waals surface area contributed by atoms with Gasteiger partial charge >= 0.3 is 5.97 Å². The molecule has 1 rings (SSSR count). The average Bonchev–Trinajstić information content (AvgIpc) is 2.34. The zero-order chi connectivity index (χ0) is 9.14. The minimum absolute atomic E-state index is 0.300. The Hall–Kier alpha value is -0.650. The Balaban J connectivity index is 2.64. The highest BCUT2D eigenvalue weighted by Crippen LogP contribution is 2.25. The smallest absolute Gasteiger partial charge is 0.306 e. The maximum absolute atomic E-state index is 10.2. The van der Waals surface area contributed by atoms with Gasteiger partial charge < -0.3 is 10.2 Å². The zero-order valence-corrected chi connectivity index (χ0v) is 7.47. The topological polar surface area (TPSA) is 70.4 Å². The van der Waals surface area contributed by atoms with E-state index in [1.165, 1.54) is 6.20 Å². The lowest BCUT2D eigenvalue weighted by molar-refractivity contribution is -0.139. The van der Waals surface area contributed by atoms with Crippen molar-refractivity contribution >= 4 is 28.9 Å². The number of carbonyl (C=O) groups is 1. The van der Waals surface area contributed by atoms with Crippen LogP contribution >= 0.6 is 22.9 Å². The minimum atomic E-state index is -1.05. The SMILES string of the molecule is O=C(O)C[C@@H](O)c1cnc(Cl)s1. The first-order valence-corrected chi connectivity index (χ1v) is 4.30. The number of aliphatic hydroxyl groups excluding tert-OH is 1. The summed E-state index contributed by atoms with van der Waals surface area (Å²) < 4.78 is 0.300. The molecular weight excluding hydrogens is 202 g/mol. The monoisotopic (exact) mass is 207 g/mol. The van der Waals surface area contributed by atoms with Crippen molar-refractivity contribution in [2.75, 3.05) is 0 Å². The van der Waals surface area contributed by atoms with E-state index in [0.29, 0.717) is 9.34 Å². The summed E-state index contributed by atoms with van der Waals surface area (Å²) in [7, 11) is 0. The van der Waals surface area contributed by atoms with Crippen molar-refractivity contribution in [3.63, 3.8) is 0 Å². The van der Waals surface area contributed by atoms with Gasteiger partial charge in [-0.05, 0) is 0 Å². The molecule has 0 unspecified atom stereocenters. The lowest BCUT2D eigenvalue weighted by atomic mass is 10.2. The zero-order valence-electron chi connectivity index (χ0n) is 5.90. The van der Waals surface area contributed by atoms with E-state index in [2.05, 4.69) is 4.98 Å². The summed E-state index contributed by atoms with van der Waals surface area (Å²) in [6.45, 7) is 0. The van der Waals surface area contributed by atoms with E-state index in [-0.39, 0.29) is 6.42 Å². The van der Waals surface area contributed by atoms with Gasteiger partial charge in [0.2, 0.25) is 0 Å². The first kappa shape index (κ1) is 9.44. The number of aliphatic carboxylic acids is 1. The summed E-state index contributed by atoms with van der Waals surface area (Å²) in [4.78, 5) is 14.3. The van der Waals surface area contributed by atoms with E-state index < -0.39 is 12.1 Å². The number of carboxylic acid groups (broad SMARTS) is 1. The molecule has 0 saturated heterocycles. The quantitative estimate of drug-likeness (QED) is 0.784. The molecule has 66 valence electrons. The van der Waals surface area contributed by atoms with Gasteiger partial charge in [0.05, 0.1) is 11.3 Å². The Morgan fingerprint density at radius 2 is 2.50 bits per heavy atom. The number of hydrogen-bond acceptors (Lipinski definition) is 4. The first-order chi connectivity index (χ1) is 5.59. The molecule has 0 aromatic carbocycles. The molecule has 0 aliphatic heterocycles. The van der Waals surface area contributed by atoms with Crippen LogP contribution in [0.5, 0.6) is 0 Å². The normalized spacial score (nSPS) is 12.8. The number of nitrogens with zero attached hydrogens (tertiary/aromatic N) is 1. The third kappa shape index (κ3) is 2.44. The maximum atomic E-state index is 10.2. The Morgan fingerprint density at radius 1 is 1.83 bits per heavy atom. The molecule has 0 fully saturated rings. The number of halogens is 1. The lowest BCUT2D eigenvalue weighted by Crippen LogP contribution is -2.03. The number of aliphatic hydroxyl groups is 1. The van der Waals surface area contributed by atoms with Crippen molar-refractivity contribution in [1.29, 1.82) is 0 Å². The summed E-state index contributed by atoms with van der Waals surface area (Å²) >= 11 is 6.57. The van der Waals surface area contributed by atoms with Crippen LogP contribution in [0, 0.1) is 0 Å². The van der Waals surface area contributed by atoms with Crippen LogP contribution in [0.3, 0.4) is 0 Å². The second kappa shape index (κ2) is 3.84. The molecule has 2 N–H and O–H groups in total. The lowest BCUT2D eigenvalue weighted by Gasteiger charge is -2.01. The van der Waals surface area contributed by atoms with E-state index in [9.17, 15) is 9.90 Å². The number of hydrogen-bond donors (Lipinski definition) is 2. The fraction of sp³-hybridized carbons (Fsp3) is 0.333. The van der Waals surface area contributed by atoms with Crippen LogP contribution < -0.4 is 0 Å². The number of thiazole rings is 1. The van der Waals surface area contributed by atoms with Crippen molar-refractivity contribution in [3.05, 3.63) is 15.5 Å². The van der Waals surface area contributed by atoms with Gasteiger partial charge in [0.15, 0.2) is 4.47 Å². The van der Waals surface area contributed by atoms with Crippen LogP contribution in [-0.2, 0) is 4.79 Å². The summed E-state index contributed by atoms with van der Waals surface area (Å²) in [6.07, 6.45) is 0.0477. The predicted molar refractivity (Wildman–Crippen MR) is 44.3 cm³/mol. The van der Waals surface area contributed by atoms with Gasteiger partial charge in [-0.1, -0.05) is 11.6 Å². The third-order valence-corrected chi connectivity index (χ3v) is 2.41. The standard InChI is InChI=1S/C6H6ClNO3S/c7-6-8-2-4(12-6)3(9)1-5(10)11/h2-3,9H,1H2,(H,10,11)/t3-/m1/s1. The molecule has 0 bridgehead atoms. The highest BCUT2D eigenvalue weighted by molar-refractivity contribution is 7.15. The number of carboxylic acids is 1. The van der Waals surface area contributed by atoms with Crippen molar-refractivity contribution in [2.45, 2.75) is 12.5 Å². The van der Waals surface area contributed by atoms with Crippen LogP contribution in [0.15, 0.2) is 6.20 Å². The van der Waals surface area contributed by atoms with Crippen LogP contribution in [0.2, 0.25) is 4.47 Å². The van der Waals surface area contributed by atoms with Crippen molar-refractivity contribution in [3.8, 4) is 0 Å². The molecule has 0 amide bonds. The van der Waals surface area contributed by atoms with Crippen molar-refractivity contribution < 1.29 is 15.0 Å². The molecule has 4 nitrogen and oxygen atoms in total. The van der Waals surface area contributed by atoms with Crippen LogP contribution in [0.1, 0.15) is 17.4 Å². The van der Waals surface area contributed by atoms with Crippen molar-refractivity contribution in [2.24, 2.45) is 0 Å². The average molecular weight is 208 g/mol. The van der Waals surface area contributed by atoms with Gasteiger partial charge in [-0.25, -0.2) is 4.98 Å². The molecular formula is C6H6ClNO3S. The summed E-state index contributed by atoms with van der Waals surface area (Å²) in [5.41, 5.74) is 0. The van der Waals surface area contributed by atoms with Crippen LogP contribution in [0.4, 0.5) is 0 Å². The molecule has 0 aliphatic rings. The highest BCUT2D eigenvalue weighted by Gasteiger charge is 2.14. The van der Waals surface area contributed by atoms with E-state index >= 15 is 0 Å². The summed E-state index contributed by atoms with van der Waals surface area (Å²) in [5, 5.41) is 17.6. The van der Waals surface area contributed by atoms with Gasteiger partial charge in [-0.3, -0.25) is 4.79 Å². The minimum Gasteiger partial charge on any atom is -0.481 e. The Kier molecular flexibility index (Phi) is 3.02. The second-order valence-electron chi connectivity index (χ2n) is 2.13. The molecule has 6 heteroatoms. The molecule has 0 radical (unpaired) electrons. The Labute approximate surface area is 77.4 Å². The van der Waals surface area contributed by atoms with Gasteiger partial charge in [-0.2, -0.15) is 0 Å². The van der Waals surface area contributed by atoms with Gasteiger partial charge in [0.1, 0.15) is 6.10 Å². The second-order valence-corrected chi connectivity index (χ2v) is 3.77. The summed E-state index contributed by atoms with van der Waals surface area (Å²) in [5.74, 6) is -1.05. The molecule has 12 heavy (non-hydrogen) atoms. The number of aromatic nitrogens is 1. The fourth-order valence-electron chi connectivity index (χ4n) is 0.684. The van der Waals surface area contributed by atoms with Crippen LogP contribution in [-0.4, -0.2) is 21.2 Å². The molecule has 1 aromatic rings. The predicted octanol–water partition coefficient (Wildman–Crippen LogP) is 1.30. The van der Waals surface area contributed by atoms with E-state index in [1.54, 1.807) is 0 Å².